The lowest BCUT2D eigenvalue weighted by Gasteiger charge is -2.13. The standard InChI is InChI=1S/C14H11F5N4O2/c15-13(16)25-10-5-9(21)8(20)4-7(10)12(24)23-11-3-6(1-2-22-11)14(17,18)19/h1-5,13H,20-21H2,(H,22,23,24). The van der Waals surface area contributed by atoms with Gasteiger partial charge >= 0.3 is 12.8 Å². The third-order valence-electron chi connectivity index (χ3n) is 2.97. The molecule has 0 aliphatic rings. The average Bonchev–Trinajstić information content (AvgIpc) is 2.49. The fraction of sp³-hybridized carbons (Fsp3) is 0.143. The Bertz CT molecular complexity index is 795. The molecule has 11 heteroatoms. The van der Waals surface area contributed by atoms with Gasteiger partial charge in [-0.15, -0.1) is 0 Å². The van der Waals surface area contributed by atoms with Crippen LogP contribution in [0.15, 0.2) is 30.5 Å². The highest BCUT2D eigenvalue weighted by Crippen LogP contribution is 2.31. The number of carbonyl (C=O) groups is 1. The van der Waals surface area contributed by atoms with Crippen molar-refractivity contribution >= 4 is 23.1 Å². The summed E-state index contributed by atoms with van der Waals surface area (Å²) in [6, 6.07) is 3.18. The summed E-state index contributed by atoms with van der Waals surface area (Å²) >= 11 is 0. The lowest BCUT2D eigenvalue weighted by Crippen LogP contribution is -2.17. The van der Waals surface area contributed by atoms with Crippen LogP contribution in [0.3, 0.4) is 0 Å². The molecule has 0 radical (unpaired) electrons. The number of hydrogen-bond acceptors (Lipinski definition) is 5. The van der Waals surface area contributed by atoms with Gasteiger partial charge in [-0.05, 0) is 18.2 Å². The number of ether oxygens (including phenoxy) is 1. The van der Waals surface area contributed by atoms with Crippen molar-refractivity contribution in [2.24, 2.45) is 0 Å². The molecule has 0 spiro atoms. The number of aromatic nitrogens is 1. The quantitative estimate of drug-likeness (QED) is 0.573. The lowest BCUT2D eigenvalue weighted by molar-refractivity contribution is -0.137. The number of nitrogens with one attached hydrogen (secondary N) is 1. The van der Waals surface area contributed by atoms with Gasteiger partial charge in [0, 0.05) is 12.3 Å². The van der Waals surface area contributed by atoms with Gasteiger partial charge in [0.2, 0.25) is 0 Å². The first kappa shape index (κ1) is 18.2. The number of alkyl halides is 5. The molecule has 0 unspecified atom stereocenters. The second kappa shape index (κ2) is 6.79. The molecule has 1 aromatic heterocycles. The Kier molecular flexibility index (Phi) is 4.95. The summed E-state index contributed by atoms with van der Waals surface area (Å²) in [5, 5.41) is 2.06. The number of hydrogen-bond donors (Lipinski definition) is 3. The minimum Gasteiger partial charge on any atom is -0.434 e. The van der Waals surface area contributed by atoms with Crippen LogP contribution < -0.4 is 21.5 Å². The molecule has 134 valence electrons. The number of benzene rings is 1. The van der Waals surface area contributed by atoms with E-state index in [0.717, 1.165) is 18.3 Å². The molecule has 5 N–H and O–H groups in total. The van der Waals surface area contributed by atoms with Gasteiger partial charge in [0.15, 0.2) is 0 Å². The number of nitrogen functional groups attached to an aromatic ring is 2. The summed E-state index contributed by atoms with van der Waals surface area (Å²) in [4.78, 5) is 15.8. The minimum atomic E-state index is -4.64. The summed E-state index contributed by atoms with van der Waals surface area (Å²) in [5.74, 6) is -2.06. The summed E-state index contributed by atoms with van der Waals surface area (Å²) in [6.07, 6.45) is -3.80. The van der Waals surface area contributed by atoms with E-state index in [4.69, 9.17) is 11.5 Å². The fourth-order valence-electron chi connectivity index (χ4n) is 1.84. The van der Waals surface area contributed by atoms with Gasteiger partial charge in [-0.1, -0.05) is 0 Å². The number of rotatable bonds is 4. The van der Waals surface area contributed by atoms with Crippen LogP contribution in [0.2, 0.25) is 0 Å². The number of anilines is 3. The fourth-order valence-corrected chi connectivity index (χ4v) is 1.84. The summed E-state index contributed by atoms with van der Waals surface area (Å²) in [6.45, 7) is -3.25. The first-order valence-corrected chi connectivity index (χ1v) is 6.56. The molecule has 2 rings (SSSR count). The highest BCUT2D eigenvalue weighted by atomic mass is 19.4. The summed E-state index contributed by atoms with van der Waals surface area (Å²) < 4.78 is 67.1. The van der Waals surface area contributed by atoms with Gasteiger partial charge in [-0.2, -0.15) is 22.0 Å². The normalized spacial score (nSPS) is 11.4. The maximum Gasteiger partial charge on any atom is 0.416 e. The topological polar surface area (TPSA) is 103 Å². The van der Waals surface area contributed by atoms with E-state index in [9.17, 15) is 26.7 Å². The van der Waals surface area contributed by atoms with Crippen LogP contribution in [-0.4, -0.2) is 17.5 Å². The second-order valence-corrected chi connectivity index (χ2v) is 4.74. The van der Waals surface area contributed by atoms with Gasteiger partial charge in [0.1, 0.15) is 11.6 Å². The minimum absolute atomic E-state index is 0.0937. The van der Waals surface area contributed by atoms with Crippen molar-refractivity contribution in [2.45, 2.75) is 12.8 Å². The van der Waals surface area contributed by atoms with Crippen molar-refractivity contribution in [1.29, 1.82) is 0 Å². The molecule has 0 fully saturated rings. The van der Waals surface area contributed by atoms with E-state index in [1.807, 2.05) is 0 Å². The molecule has 0 saturated heterocycles. The highest BCUT2D eigenvalue weighted by molar-refractivity contribution is 6.07. The largest absolute Gasteiger partial charge is 0.434 e. The molecule has 0 aliphatic carbocycles. The molecular formula is C14H11F5N4O2. The Labute approximate surface area is 137 Å². The van der Waals surface area contributed by atoms with Crippen LogP contribution in [-0.2, 0) is 6.18 Å². The van der Waals surface area contributed by atoms with Gasteiger partial charge in [-0.3, -0.25) is 4.79 Å². The van der Waals surface area contributed by atoms with Gasteiger partial charge in [0.05, 0.1) is 22.5 Å². The maximum atomic E-state index is 12.7. The molecule has 1 amide bonds. The van der Waals surface area contributed by atoms with Crippen molar-refractivity contribution < 1.29 is 31.5 Å². The van der Waals surface area contributed by atoms with E-state index in [0.29, 0.717) is 12.1 Å². The maximum absolute atomic E-state index is 12.7. The first-order valence-electron chi connectivity index (χ1n) is 6.56. The molecule has 1 aromatic carbocycles. The highest BCUT2D eigenvalue weighted by Gasteiger charge is 2.31. The van der Waals surface area contributed by atoms with E-state index < -0.39 is 41.4 Å². The molecule has 0 atom stereocenters. The zero-order chi connectivity index (χ0) is 18.8. The number of amides is 1. The monoisotopic (exact) mass is 362 g/mol. The van der Waals surface area contributed by atoms with Crippen molar-refractivity contribution in [3.63, 3.8) is 0 Å². The van der Waals surface area contributed by atoms with Crippen LogP contribution >= 0.6 is 0 Å². The number of pyridine rings is 1. The van der Waals surface area contributed by atoms with E-state index in [2.05, 4.69) is 15.0 Å². The van der Waals surface area contributed by atoms with Gasteiger partial charge < -0.3 is 21.5 Å². The van der Waals surface area contributed by atoms with Crippen LogP contribution in [0.4, 0.5) is 39.1 Å². The summed E-state index contributed by atoms with van der Waals surface area (Å²) in [7, 11) is 0. The van der Waals surface area contributed by atoms with Crippen molar-refractivity contribution in [1.82, 2.24) is 4.98 Å². The molecule has 0 bridgehead atoms. The molecule has 1 heterocycles. The molecule has 2 aromatic rings. The Morgan fingerprint density at radius 2 is 1.80 bits per heavy atom. The Morgan fingerprint density at radius 3 is 2.40 bits per heavy atom. The van der Waals surface area contributed by atoms with Gasteiger partial charge in [0.25, 0.3) is 5.91 Å². The van der Waals surface area contributed by atoms with Crippen LogP contribution in [0, 0.1) is 0 Å². The third kappa shape index (κ3) is 4.46. The van der Waals surface area contributed by atoms with E-state index >= 15 is 0 Å². The Balaban J connectivity index is 2.34. The smallest absolute Gasteiger partial charge is 0.416 e. The predicted octanol–water partition coefficient (Wildman–Crippen LogP) is 3.12. The Hall–Kier alpha value is -3.11. The molecule has 0 saturated carbocycles. The molecular weight excluding hydrogens is 351 g/mol. The SMILES string of the molecule is Nc1cc(OC(F)F)c(C(=O)Nc2cc(C(F)(F)F)ccn2)cc1N. The Morgan fingerprint density at radius 1 is 1.16 bits per heavy atom. The number of nitrogens with zero attached hydrogens (tertiary/aromatic N) is 1. The van der Waals surface area contributed by atoms with Crippen LogP contribution in [0.25, 0.3) is 0 Å². The first-order chi connectivity index (χ1) is 11.6. The van der Waals surface area contributed by atoms with E-state index in [-0.39, 0.29) is 11.4 Å². The van der Waals surface area contributed by atoms with Crippen molar-refractivity contribution in [2.75, 3.05) is 16.8 Å². The van der Waals surface area contributed by atoms with Crippen LogP contribution in [0.1, 0.15) is 15.9 Å². The molecule has 25 heavy (non-hydrogen) atoms. The lowest BCUT2D eigenvalue weighted by atomic mass is 10.1. The average molecular weight is 362 g/mol. The van der Waals surface area contributed by atoms with Crippen molar-refractivity contribution in [3.05, 3.63) is 41.6 Å². The molecule has 0 aliphatic heterocycles. The van der Waals surface area contributed by atoms with Crippen LogP contribution in [0.5, 0.6) is 5.75 Å². The number of carbonyl (C=O) groups excluding carboxylic acids is 1. The summed E-state index contributed by atoms with van der Waals surface area (Å²) in [5.41, 5.74) is 9.30. The van der Waals surface area contributed by atoms with E-state index in [1.54, 1.807) is 0 Å². The predicted molar refractivity (Wildman–Crippen MR) is 79.1 cm³/mol. The second-order valence-electron chi connectivity index (χ2n) is 4.74. The van der Waals surface area contributed by atoms with Gasteiger partial charge in [-0.25, -0.2) is 4.98 Å². The zero-order valence-electron chi connectivity index (χ0n) is 12.3. The number of nitrogens with two attached hydrogens (primary N) is 2. The van der Waals surface area contributed by atoms with E-state index in [1.165, 1.54) is 0 Å². The third-order valence-corrected chi connectivity index (χ3v) is 2.97. The van der Waals surface area contributed by atoms with Crippen molar-refractivity contribution in [3.8, 4) is 5.75 Å². The molecule has 6 nitrogen and oxygen atoms in total. The number of halogens is 5. The zero-order valence-corrected chi connectivity index (χ0v) is 12.3.